The maximum absolute atomic E-state index is 11.9. The summed E-state index contributed by atoms with van der Waals surface area (Å²) in [7, 11) is 0. The predicted octanol–water partition coefficient (Wildman–Crippen LogP) is 0.124. The van der Waals surface area contributed by atoms with Crippen LogP contribution in [0.2, 0.25) is 0 Å². The highest BCUT2D eigenvalue weighted by Crippen LogP contribution is 2.15. The first-order valence-corrected chi connectivity index (χ1v) is 6.35. The number of nitrogens with two attached hydrogens (primary N) is 1. The van der Waals surface area contributed by atoms with Gasteiger partial charge in [-0.25, -0.2) is 0 Å². The van der Waals surface area contributed by atoms with Gasteiger partial charge < -0.3 is 15.8 Å². The van der Waals surface area contributed by atoms with E-state index in [0.29, 0.717) is 19.0 Å². The van der Waals surface area contributed by atoms with Gasteiger partial charge in [-0.3, -0.25) is 14.3 Å². The van der Waals surface area contributed by atoms with E-state index in [0.717, 1.165) is 19.4 Å². The zero-order valence-electron chi connectivity index (χ0n) is 10.7. The van der Waals surface area contributed by atoms with Crippen LogP contribution in [0, 0.1) is 5.92 Å². The topological polar surface area (TPSA) is 99.2 Å². The second kappa shape index (κ2) is 6.33. The van der Waals surface area contributed by atoms with Gasteiger partial charge in [0.05, 0.1) is 12.5 Å². The summed E-state index contributed by atoms with van der Waals surface area (Å²) >= 11 is 0. The van der Waals surface area contributed by atoms with Gasteiger partial charge in [-0.05, 0) is 12.8 Å². The van der Waals surface area contributed by atoms with Crippen LogP contribution < -0.4 is 11.1 Å². The molecule has 1 aliphatic rings. The first kappa shape index (κ1) is 13.5. The van der Waals surface area contributed by atoms with Gasteiger partial charge in [-0.15, -0.1) is 0 Å². The molecule has 1 aliphatic heterocycles. The van der Waals surface area contributed by atoms with Gasteiger partial charge in [0.2, 0.25) is 11.8 Å². The number of nitrogens with one attached hydrogen (secondary N) is 1. The first-order chi connectivity index (χ1) is 9.15. The zero-order chi connectivity index (χ0) is 13.7. The second-order valence-electron chi connectivity index (χ2n) is 4.58. The molecular formula is C12H18N4O3. The van der Waals surface area contributed by atoms with Crippen LogP contribution in [0.15, 0.2) is 12.3 Å². The molecule has 0 bridgehead atoms. The molecule has 3 N–H and O–H groups in total. The SMILES string of the molecule is NC(=O)CCn1ccc(NC(=O)C2CCCOC2)n1. The molecule has 1 fully saturated rings. The molecule has 7 heteroatoms. The first-order valence-electron chi connectivity index (χ1n) is 6.35. The van der Waals surface area contributed by atoms with E-state index in [2.05, 4.69) is 10.4 Å². The minimum Gasteiger partial charge on any atom is -0.381 e. The van der Waals surface area contributed by atoms with Crippen LogP contribution in [-0.4, -0.2) is 34.8 Å². The Morgan fingerprint density at radius 3 is 3.11 bits per heavy atom. The maximum Gasteiger partial charge on any atom is 0.231 e. The number of amides is 2. The summed E-state index contributed by atoms with van der Waals surface area (Å²) in [5.41, 5.74) is 5.06. The molecule has 0 radical (unpaired) electrons. The highest BCUT2D eigenvalue weighted by atomic mass is 16.5. The third-order valence-electron chi connectivity index (χ3n) is 3.01. The van der Waals surface area contributed by atoms with Crippen LogP contribution >= 0.6 is 0 Å². The number of carbonyl (C=O) groups is 2. The van der Waals surface area contributed by atoms with Crippen molar-refractivity contribution in [2.45, 2.75) is 25.8 Å². The lowest BCUT2D eigenvalue weighted by atomic mass is 10.0. The summed E-state index contributed by atoms with van der Waals surface area (Å²) in [5, 5.41) is 6.91. The molecule has 0 aromatic carbocycles. The fourth-order valence-electron chi connectivity index (χ4n) is 1.95. The Morgan fingerprint density at radius 1 is 1.58 bits per heavy atom. The Hall–Kier alpha value is -1.89. The highest BCUT2D eigenvalue weighted by Gasteiger charge is 2.22. The molecule has 1 aromatic rings. The van der Waals surface area contributed by atoms with Crippen molar-refractivity contribution in [2.24, 2.45) is 11.7 Å². The van der Waals surface area contributed by atoms with Crippen LogP contribution in [-0.2, 0) is 20.9 Å². The molecule has 1 aromatic heterocycles. The number of hydrogen-bond acceptors (Lipinski definition) is 4. The standard InChI is InChI=1S/C12H18N4O3/c13-10(17)3-5-16-6-4-11(15-16)14-12(18)9-2-1-7-19-8-9/h4,6,9H,1-3,5,7-8H2,(H2,13,17)(H,14,15,18). The third kappa shape index (κ3) is 4.06. The van der Waals surface area contributed by atoms with E-state index in [4.69, 9.17) is 10.5 Å². The van der Waals surface area contributed by atoms with Crippen LogP contribution in [0.25, 0.3) is 0 Å². The van der Waals surface area contributed by atoms with Crippen molar-refractivity contribution in [3.8, 4) is 0 Å². The average molecular weight is 266 g/mol. The molecule has 0 spiro atoms. The quantitative estimate of drug-likeness (QED) is 0.790. The van der Waals surface area contributed by atoms with Gasteiger partial charge in [0.25, 0.3) is 0 Å². The Bertz CT molecular complexity index is 452. The molecule has 7 nitrogen and oxygen atoms in total. The summed E-state index contributed by atoms with van der Waals surface area (Å²) in [6.45, 7) is 1.61. The number of nitrogens with zero attached hydrogens (tertiary/aromatic N) is 2. The number of ether oxygens (including phenoxy) is 1. The summed E-state index contributed by atoms with van der Waals surface area (Å²) in [5.74, 6) is -0.0649. The van der Waals surface area contributed by atoms with Crippen molar-refractivity contribution in [1.82, 2.24) is 9.78 Å². The molecule has 1 atom stereocenters. The third-order valence-corrected chi connectivity index (χ3v) is 3.01. The van der Waals surface area contributed by atoms with Gasteiger partial charge in [0.15, 0.2) is 5.82 Å². The fraction of sp³-hybridized carbons (Fsp3) is 0.583. The summed E-state index contributed by atoms with van der Waals surface area (Å²) in [6.07, 6.45) is 3.68. The van der Waals surface area contributed by atoms with Crippen molar-refractivity contribution in [3.05, 3.63) is 12.3 Å². The van der Waals surface area contributed by atoms with Gasteiger partial charge in [0.1, 0.15) is 0 Å². The minimum absolute atomic E-state index is 0.0696. The number of primary amides is 1. The van der Waals surface area contributed by atoms with E-state index in [1.807, 2.05) is 0 Å². The molecular weight excluding hydrogens is 248 g/mol. The number of rotatable bonds is 5. The van der Waals surface area contributed by atoms with Gasteiger partial charge >= 0.3 is 0 Å². The lowest BCUT2D eigenvalue weighted by Gasteiger charge is -2.20. The number of hydrogen-bond donors (Lipinski definition) is 2. The van der Waals surface area contributed by atoms with E-state index in [-0.39, 0.29) is 24.2 Å². The van der Waals surface area contributed by atoms with Crippen molar-refractivity contribution < 1.29 is 14.3 Å². The highest BCUT2D eigenvalue weighted by molar-refractivity contribution is 5.91. The number of aryl methyl sites for hydroxylation is 1. The van der Waals surface area contributed by atoms with Gasteiger partial charge in [-0.1, -0.05) is 0 Å². The van der Waals surface area contributed by atoms with E-state index >= 15 is 0 Å². The monoisotopic (exact) mass is 266 g/mol. The van der Waals surface area contributed by atoms with Crippen LogP contribution in [0.5, 0.6) is 0 Å². The van der Waals surface area contributed by atoms with E-state index < -0.39 is 0 Å². The van der Waals surface area contributed by atoms with E-state index in [1.165, 1.54) is 0 Å². The Balaban J connectivity index is 1.84. The van der Waals surface area contributed by atoms with Crippen LogP contribution in [0.4, 0.5) is 5.82 Å². The fourth-order valence-corrected chi connectivity index (χ4v) is 1.95. The lowest BCUT2D eigenvalue weighted by Crippen LogP contribution is -2.30. The van der Waals surface area contributed by atoms with E-state index in [1.54, 1.807) is 16.9 Å². The zero-order valence-corrected chi connectivity index (χ0v) is 10.7. The Morgan fingerprint density at radius 2 is 2.42 bits per heavy atom. The molecule has 0 aliphatic carbocycles. The molecule has 2 heterocycles. The molecule has 104 valence electrons. The minimum atomic E-state index is -0.375. The Kier molecular flexibility index (Phi) is 4.51. The predicted molar refractivity (Wildman–Crippen MR) is 68.2 cm³/mol. The number of carbonyl (C=O) groups excluding carboxylic acids is 2. The van der Waals surface area contributed by atoms with Crippen LogP contribution in [0.1, 0.15) is 19.3 Å². The summed E-state index contributed by atoms with van der Waals surface area (Å²) < 4.78 is 6.85. The smallest absolute Gasteiger partial charge is 0.231 e. The van der Waals surface area contributed by atoms with E-state index in [9.17, 15) is 9.59 Å². The molecule has 2 rings (SSSR count). The Labute approximate surface area is 111 Å². The summed E-state index contributed by atoms with van der Waals surface area (Å²) in [6, 6.07) is 1.70. The molecule has 1 unspecified atom stereocenters. The van der Waals surface area contributed by atoms with Crippen molar-refractivity contribution >= 4 is 17.6 Å². The average Bonchev–Trinajstić information content (AvgIpc) is 2.85. The van der Waals surface area contributed by atoms with Crippen molar-refractivity contribution in [1.29, 1.82) is 0 Å². The van der Waals surface area contributed by atoms with Gasteiger partial charge in [-0.2, -0.15) is 5.10 Å². The van der Waals surface area contributed by atoms with Crippen molar-refractivity contribution in [3.63, 3.8) is 0 Å². The number of anilines is 1. The normalized spacial score (nSPS) is 19.1. The second-order valence-corrected chi connectivity index (χ2v) is 4.58. The summed E-state index contributed by atoms with van der Waals surface area (Å²) in [4.78, 5) is 22.6. The maximum atomic E-state index is 11.9. The lowest BCUT2D eigenvalue weighted by molar-refractivity contribution is -0.123. The van der Waals surface area contributed by atoms with Gasteiger partial charge in [0, 0.05) is 31.8 Å². The molecule has 2 amide bonds. The largest absolute Gasteiger partial charge is 0.381 e. The van der Waals surface area contributed by atoms with Crippen molar-refractivity contribution in [2.75, 3.05) is 18.5 Å². The molecule has 1 saturated heterocycles. The van der Waals surface area contributed by atoms with Crippen LogP contribution in [0.3, 0.4) is 0 Å². The number of aromatic nitrogens is 2. The molecule has 19 heavy (non-hydrogen) atoms. The molecule has 0 saturated carbocycles.